The summed E-state index contributed by atoms with van der Waals surface area (Å²) in [7, 11) is 0. The molecule has 0 saturated carbocycles. The molecule has 1 saturated heterocycles. The molecule has 4 rings (SSSR count). The molecule has 30 heavy (non-hydrogen) atoms. The number of likely N-dealkylation sites (tertiary alicyclic amines) is 1. The molecule has 1 fully saturated rings. The number of nitrogens with zero attached hydrogens (tertiary/aromatic N) is 4. The molecule has 0 spiro atoms. The monoisotopic (exact) mass is 410 g/mol. The topological polar surface area (TPSA) is 81.2 Å². The normalized spacial score (nSPS) is 16.2. The summed E-state index contributed by atoms with van der Waals surface area (Å²) in [6, 6.07) is 7.76. The van der Waals surface area contributed by atoms with Crippen LogP contribution in [0.3, 0.4) is 0 Å². The van der Waals surface area contributed by atoms with Crippen LogP contribution >= 0.6 is 0 Å². The SMILES string of the molecule is Cc1cc(C)n(CC(=O)N2CCC[C@@H]2c2ncc(Cc3ccc(F)cc3)o2)c(=O)n1. The summed E-state index contributed by atoms with van der Waals surface area (Å²) in [4.78, 5) is 35.2. The van der Waals surface area contributed by atoms with Gasteiger partial charge in [-0.1, -0.05) is 12.1 Å². The van der Waals surface area contributed by atoms with Crippen molar-refractivity contribution in [1.82, 2.24) is 19.4 Å². The Morgan fingerprint density at radius 2 is 2.03 bits per heavy atom. The fraction of sp³-hybridized carbons (Fsp3) is 0.364. The molecule has 3 aromatic rings. The number of rotatable bonds is 5. The lowest BCUT2D eigenvalue weighted by Crippen LogP contribution is -2.37. The second kappa shape index (κ2) is 8.22. The number of carbonyl (C=O) groups excluding carboxylic acids is 1. The van der Waals surface area contributed by atoms with Crippen LogP contribution in [0.4, 0.5) is 4.39 Å². The van der Waals surface area contributed by atoms with Crippen LogP contribution < -0.4 is 5.69 Å². The lowest BCUT2D eigenvalue weighted by molar-refractivity contribution is -0.133. The van der Waals surface area contributed by atoms with E-state index in [0.29, 0.717) is 36.0 Å². The molecule has 1 amide bonds. The molecule has 2 aromatic heterocycles. The van der Waals surface area contributed by atoms with Gasteiger partial charge in [-0.15, -0.1) is 0 Å². The van der Waals surface area contributed by atoms with Crippen molar-refractivity contribution in [2.45, 2.75) is 45.7 Å². The maximum atomic E-state index is 13.1. The van der Waals surface area contributed by atoms with Gasteiger partial charge in [-0.25, -0.2) is 14.2 Å². The van der Waals surface area contributed by atoms with Gasteiger partial charge < -0.3 is 9.32 Å². The van der Waals surface area contributed by atoms with E-state index in [-0.39, 0.29) is 24.3 Å². The molecule has 0 radical (unpaired) electrons. The Hall–Kier alpha value is -3.29. The van der Waals surface area contributed by atoms with Crippen molar-refractivity contribution in [3.05, 3.63) is 81.4 Å². The molecule has 1 aliphatic heterocycles. The summed E-state index contributed by atoms with van der Waals surface area (Å²) in [5, 5.41) is 0. The Labute approximate surface area is 173 Å². The fourth-order valence-electron chi connectivity index (χ4n) is 3.88. The highest BCUT2D eigenvalue weighted by atomic mass is 19.1. The Morgan fingerprint density at radius 1 is 1.27 bits per heavy atom. The number of benzene rings is 1. The van der Waals surface area contributed by atoms with Crippen LogP contribution in [0.2, 0.25) is 0 Å². The first kappa shape index (κ1) is 20.0. The number of aryl methyl sites for hydroxylation is 2. The van der Waals surface area contributed by atoms with E-state index >= 15 is 0 Å². The van der Waals surface area contributed by atoms with Crippen molar-refractivity contribution < 1.29 is 13.6 Å². The van der Waals surface area contributed by atoms with Crippen LogP contribution in [0.15, 0.2) is 45.7 Å². The Kier molecular flexibility index (Phi) is 5.48. The highest BCUT2D eigenvalue weighted by molar-refractivity contribution is 5.76. The smallest absolute Gasteiger partial charge is 0.348 e. The minimum atomic E-state index is -0.422. The van der Waals surface area contributed by atoms with Crippen molar-refractivity contribution in [2.75, 3.05) is 6.54 Å². The summed E-state index contributed by atoms with van der Waals surface area (Å²) >= 11 is 0. The van der Waals surface area contributed by atoms with Gasteiger partial charge >= 0.3 is 5.69 Å². The number of halogens is 1. The van der Waals surface area contributed by atoms with Gasteiger partial charge in [-0.3, -0.25) is 9.36 Å². The molecule has 7 nitrogen and oxygen atoms in total. The highest BCUT2D eigenvalue weighted by Gasteiger charge is 2.33. The largest absolute Gasteiger partial charge is 0.443 e. The average Bonchev–Trinajstić information content (AvgIpc) is 3.35. The minimum absolute atomic E-state index is 0.0579. The first-order valence-corrected chi connectivity index (χ1v) is 9.94. The third-order valence-corrected chi connectivity index (χ3v) is 5.36. The van der Waals surface area contributed by atoms with Gasteiger partial charge in [0.15, 0.2) is 0 Å². The predicted molar refractivity (Wildman–Crippen MR) is 107 cm³/mol. The maximum Gasteiger partial charge on any atom is 0.348 e. The van der Waals surface area contributed by atoms with Crippen LogP contribution in [0.5, 0.6) is 0 Å². The zero-order chi connectivity index (χ0) is 21.3. The lowest BCUT2D eigenvalue weighted by atomic mass is 10.1. The van der Waals surface area contributed by atoms with Crippen molar-refractivity contribution in [1.29, 1.82) is 0 Å². The van der Waals surface area contributed by atoms with Crippen LogP contribution in [0.1, 0.15) is 47.5 Å². The third kappa shape index (κ3) is 4.17. The lowest BCUT2D eigenvalue weighted by Gasteiger charge is -2.23. The van der Waals surface area contributed by atoms with Gasteiger partial charge in [0.25, 0.3) is 0 Å². The molecule has 0 aliphatic carbocycles. The Morgan fingerprint density at radius 3 is 2.77 bits per heavy atom. The first-order valence-electron chi connectivity index (χ1n) is 9.94. The molecule has 1 aromatic carbocycles. The van der Waals surface area contributed by atoms with Gasteiger partial charge in [0, 0.05) is 24.4 Å². The van der Waals surface area contributed by atoms with Gasteiger partial charge in [0.2, 0.25) is 11.8 Å². The van der Waals surface area contributed by atoms with Crippen molar-refractivity contribution in [3.8, 4) is 0 Å². The quantitative estimate of drug-likeness (QED) is 0.646. The van der Waals surface area contributed by atoms with Crippen molar-refractivity contribution >= 4 is 5.91 Å². The first-order chi connectivity index (χ1) is 14.4. The standard InChI is InChI=1S/C22H23FN4O3/c1-14-10-15(2)27(22(29)25-14)13-20(28)26-9-3-4-19(26)21-24-12-18(30-21)11-16-5-7-17(23)8-6-16/h5-8,10,12,19H,3-4,9,11,13H2,1-2H3/t19-/m1/s1. The summed E-state index contributed by atoms with van der Waals surface area (Å²) in [6.45, 7) is 4.08. The average molecular weight is 410 g/mol. The summed E-state index contributed by atoms with van der Waals surface area (Å²) in [5.74, 6) is 0.705. The van der Waals surface area contributed by atoms with E-state index in [1.165, 1.54) is 16.7 Å². The van der Waals surface area contributed by atoms with Gasteiger partial charge in [0.1, 0.15) is 24.2 Å². The maximum absolute atomic E-state index is 13.1. The van der Waals surface area contributed by atoms with Crippen LogP contribution in [-0.2, 0) is 17.8 Å². The van der Waals surface area contributed by atoms with E-state index in [0.717, 1.165) is 18.4 Å². The molecule has 0 bridgehead atoms. The zero-order valence-electron chi connectivity index (χ0n) is 17.0. The van der Waals surface area contributed by atoms with E-state index in [4.69, 9.17) is 4.42 Å². The molecule has 0 N–H and O–H groups in total. The molecule has 0 unspecified atom stereocenters. The van der Waals surface area contributed by atoms with E-state index in [1.807, 2.05) is 0 Å². The zero-order valence-corrected chi connectivity index (χ0v) is 17.0. The van der Waals surface area contributed by atoms with Gasteiger partial charge in [-0.05, 0) is 50.5 Å². The Bertz CT molecular complexity index is 1120. The number of aromatic nitrogens is 3. The highest BCUT2D eigenvalue weighted by Crippen LogP contribution is 2.32. The van der Waals surface area contributed by atoms with Crippen molar-refractivity contribution in [2.24, 2.45) is 0 Å². The summed E-state index contributed by atoms with van der Waals surface area (Å²) in [5.41, 5.74) is 1.83. The molecule has 3 heterocycles. The van der Waals surface area contributed by atoms with E-state index in [9.17, 15) is 14.0 Å². The van der Waals surface area contributed by atoms with Crippen molar-refractivity contribution in [3.63, 3.8) is 0 Å². The molecular formula is C22H23FN4O3. The molecule has 156 valence electrons. The third-order valence-electron chi connectivity index (χ3n) is 5.36. The number of hydrogen-bond donors (Lipinski definition) is 0. The minimum Gasteiger partial charge on any atom is -0.443 e. The number of hydrogen-bond acceptors (Lipinski definition) is 5. The van der Waals surface area contributed by atoms with Crippen LogP contribution in [-0.4, -0.2) is 31.9 Å². The molecular weight excluding hydrogens is 387 g/mol. The Balaban J connectivity index is 1.48. The van der Waals surface area contributed by atoms with Crippen LogP contribution in [0.25, 0.3) is 0 Å². The van der Waals surface area contributed by atoms with E-state index in [1.54, 1.807) is 43.1 Å². The number of oxazole rings is 1. The number of carbonyl (C=O) groups is 1. The molecule has 8 heteroatoms. The van der Waals surface area contributed by atoms with E-state index < -0.39 is 5.69 Å². The second-order valence-electron chi connectivity index (χ2n) is 7.62. The van der Waals surface area contributed by atoms with Crippen LogP contribution in [0, 0.1) is 19.7 Å². The van der Waals surface area contributed by atoms with Gasteiger partial charge in [-0.2, -0.15) is 4.98 Å². The summed E-state index contributed by atoms with van der Waals surface area (Å²) in [6.07, 6.45) is 3.74. The van der Waals surface area contributed by atoms with Gasteiger partial charge in [0.05, 0.1) is 6.20 Å². The fourth-order valence-corrected chi connectivity index (χ4v) is 3.88. The second-order valence-corrected chi connectivity index (χ2v) is 7.62. The molecule has 1 aliphatic rings. The van der Waals surface area contributed by atoms with E-state index in [2.05, 4.69) is 9.97 Å². The molecule has 1 atom stereocenters. The predicted octanol–water partition coefficient (Wildman–Crippen LogP) is 2.94. The summed E-state index contributed by atoms with van der Waals surface area (Å²) < 4.78 is 20.4. The number of amides is 1.